The number of aromatic amines is 2. The van der Waals surface area contributed by atoms with Crippen molar-refractivity contribution >= 4 is 23.0 Å². The molecular formula is C41H45N7O4. The van der Waals surface area contributed by atoms with Crippen LogP contribution in [-0.2, 0) is 16.1 Å². The molecule has 2 unspecified atom stereocenters. The van der Waals surface area contributed by atoms with Crippen molar-refractivity contribution in [3.05, 3.63) is 78.0 Å². The molecule has 268 valence electrons. The molecule has 9 rings (SSSR count). The van der Waals surface area contributed by atoms with Crippen molar-refractivity contribution in [2.45, 2.75) is 76.7 Å². The molecule has 52 heavy (non-hydrogen) atoms. The van der Waals surface area contributed by atoms with Gasteiger partial charge in [0, 0.05) is 18.2 Å². The Labute approximate surface area is 303 Å². The highest BCUT2D eigenvalue weighted by Gasteiger charge is 2.46. The molecule has 11 nitrogen and oxygen atoms in total. The number of methoxy groups -OCH3 is 1. The first kappa shape index (κ1) is 32.7. The number of benzene rings is 3. The van der Waals surface area contributed by atoms with Gasteiger partial charge in [0.05, 0.1) is 42.1 Å². The number of hydrogen-bond donors (Lipinski definition) is 3. The van der Waals surface area contributed by atoms with E-state index in [2.05, 4.69) is 81.8 Å². The summed E-state index contributed by atoms with van der Waals surface area (Å²) < 4.78 is 11.1. The molecule has 2 amide bonds. The van der Waals surface area contributed by atoms with E-state index in [9.17, 15) is 9.59 Å². The van der Waals surface area contributed by atoms with Crippen molar-refractivity contribution in [3.63, 3.8) is 0 Å². The van der Waals surface area contributed by atoms with E-state index in [-0.39, 0.29) is 17.9 Å². The monoisotopic (exact) mass is 699 g/mol. The van der Waals surface area contributed by atoms with Crippen molar-refractivity contribution in [2.24, 2.45) is 11.8 Å². The number of nitrogens with one attached hydrogen (secondary N) is 3. The number of fused-ring (bicyclic) bond motifs is 6. The van der Waals surface area contributed by atoms with Gasteiger partial charge in [-0.05, 0) is 103 Å². The Hall–Kier alpha value is -5.16. The van der Waals surface area contributed by atoms with E-state index in [0.29, 0.717) is 31.2 Å². The maximum Gasteiger partial charge on any atom is 0.407 e. The molecule has 3 N–H and O–H groups in total. The Morgan fingerprint density at radius 1 is 0.962 bits per heavy atom. The Morgan fingerprint density at radius 3 is 2.58 bits per heavy atom. The van der Waals surface area contributed by atoms with E-state index in [0.717, 1.165) is 80.3 Å². The highest BCUT2D eigenvalue weighted by molar-refractivity contribution is 5.87. The second kappa shape index (κ2) is 12.8. The highest BCUT2D eigenvalue weighted by atomic mass is 16.5. The van der Waals surface area contributed by atoms with Crippen LogP contribution in [0.5, 0.6) is 5.75 Å². The van der Waals surface area contributed by atoms with E-state index in [1.807, 2.05) is 24.9 Å². The number of carbonyl (C=O) groups excluding carboxylic acids is 2. The van der Waals surface area contributed by atoms with Gasteiger partial charge in [-0.15, -0.1) is 0 Å². The third-order valence-electron chi connectivity index (χ3n) is 11.9. The van der Waals surface area contributed by atoms with Crippen molar-refractivity contribution in [1.29, 1.82) is 0 Å². The fourth-order valence-electron chi connectivity index (χ4n) is 9.16. The van der Waals surface area contributed by atoms with Crippen molar-refractivity contribution in [3.8, 4) is 39.3 Å². The Kier molecular flexibility index (Phi) is 8.06. The fourth-order valence-corrected chi connectivity index (χ4v) is 9.16. The summed E-state index contributed by atoms with van der Waals surface area (Å²) >= 11 is 0. The number of ether oxygens (including phenoxy) is 2. The Bertz CT molecular complexity index is 2190. The predicted octanol–water partition coefficient (Wildman–Crippen LogP) is 7.38. The summed E-state index contributed by atoms with van der Waals surface area (Å²) in [6, 6.07) is 19.6. The number of amides is 2. The SMILES string of the molecule is COC(=O)N[C@H](C(=O)N1CCC[C@H]1c1ncc(-c2ccc3c(c2)COc2cc(-c4ccc5nc([C@@H]6C7CCC(C7)N6C)[nH]c5c4)ccc2-3)[nH]1)C(C)C. The van der Waals surface area contributed by atoms with Gasteiger partial charge in [0.25, 0.3) is 0 Å². The minimum absolute atomic E-state index is 0.0897. The third-order valence-corrected chi connectivity index (χ3v) is 11.9. The second-order valence-electron chi connectivity index (χ2n) is 15.3. The predicted molar refractivity (Wildman–Crippen MR) is 198 cm³/mol. The lowest BCUT2D eigenvalue weighted by Gasteiger charge is -2.30. The van der Waals surface area contributed by atoms with E-state index in [4.69, 9.17) is 19.4 Å². The number of aromatic nitrogens is 4. The van der Waals surface area contributed by atoms with Crippen LogP contribution in [0.15, 0.2) is 60.8 Å². The Balaban J connectivity index is 0.928. The quantitative estimate of drug-likeness (QED) is 0.162. The van der Waals surface area contributed by atoms with Crippen LogP contribution in [0.2, 0.25) is 0 Å². The van der Waals surface area contributed by atoms with Gasteiger partial charge in [-0.25, -0.2) is 14.8 Å². The maximum absolute atomic E-state index is 13.6. The van der Waals surface area contributed by atoms with Crippen molar-refractivity contribution in [1.82, 2.24) is 35.1 Å². The lowest BCUT2D eigenvalue weighted by molar-refractivity contribution is -0.135. The molecule has 1 aliphatic carbocycles. The molecule has 2 saturated heterocycles. The van der Waals surface area contributed by atoms with Gasteiger partial charge in [-0.1, -0.05) is 44.2 Å². The summed E-state index contributed by atoms with van der Waals surface area (Å²) in [7, 11) is 3.55. The molecule has 0 spiro atoms. The molecule has 3 fully saturated rings. The number of likely N-dealkylation sites (tertiary alicyclic amines) is 2. The largest absolute Gasteiger partial charge is 0.488 e. The van der Waals surface area contributed by atoms with Crippen LogP contribution in [0.25, 0.3) is 44.5 Å². The number of H-pyrrole nitrogens is 2. The number of imidazole rings is 2. The first-order chi connectivity index (χ1) is 25.2. The van der Waals surface area contributed by atoms with Crippen LogP contribution >= 0.6 is 0 Å². The van der Waals surface area contributed by atoms with E-state index in [1.165, 1.54) is 26.4 Å². The zero-order valence-corrected chi connectivity index (χ0v) is 30.1. The fraction of sp³-hybridized carbons (Fsp3) is 0.415. The van der Waals surface area contributed by atoms with Gasteiger partial charge in [0.2, 0.25) is 5.91 Å². The smallest absolute Gasteiger partial charge is 0.407 e. The Morgan fingerprint density at radius 2 is 1.77 bits per heavy atom. The summed E-state index contributed by atoms with van der Waals surface area (Å²) in [5, 5.41) is 2.71. The molecule has 4 aliphatic rings. The minimum Gasteiger partial charge on any atom is -0.488 e. The second-order valence-corrected chi connectivity index (χ2v) is 15.3. The molecule has 5 atom stereocenters. The molecule has 5 aromatic rings. The standard InChI is InChI=1S/C41H45N7O4/c1-22(2)36(46-41(50)51-4)40(49)48-15-5-6-34(48)38-42-20-33(45-38)25-9-12-29-27(16-25)21-52-35-19-24(8-13-30(29)35)23-10-14-31-32(18-23)44-39(43-31)37-26-7-11-28(17-26)47(37)3/h8-10,12-14,16,18-20,22,26,28,34,36-37H,5-7,11,15,17,21H2,1-4H3,(H,42,45)(H,43,44)(H,46,50)/t26?,28?,34-,36-,37-/m0/s1. The normalized spacial score (nSPS) is 22.8. The zero-order chi connectivity index (χ0) is 35.7. The van der Waals surface area contributed by atoms with Gasteiger partial charge < -0.3 is 29.7 Å². The number of carbonyl (C=O) groups is 2. The zero-order valence-electron chi connectivity index (χ0n) is 30.1. The molecule has 11 heteroatoms. The highest BCUT2D eigenvalue weighted by Crippen LogP contribution is 2.49. The maximum atomic E-state index is 13.6. The third kappa shape index (κ3) is 5.53. The first-order valence-corrected chi connectivity index (χ1v) is 18.6. The van der Waals surface area contributed by atoms with Gasteiger partial charge in [0.1, 0.15) is 30.0 Å². The summed E-state index contributed by atoms with van der Waals surface area (Å²) in [5.74, 6) is 3.21. The number of piperidine rings is 1. The van der Waals surface area contributed by atoms with Crippen LogP contribution in [0, 0.1) is 11.8 Å². The molecule has 3 aliphatic heterocycles. The van der Waals surface area contributed by atoms with E-state index >= 15 is 0 Å². The molecule has 2 aromatic heterocycles. The van der Waals surface area contributed by atoms with Gasteiger partial charge in [-0.2, -0.15) is 0 Å². The minimum atomic E-state index is -0.672. The van der Waals surface area contributed by atoms with Gasteiger partial charge in [0.15, 0.2) is 0 Å². The average Bonchev–Trinajstić information content (AvgIpc) is 4.01. The van der Waals surface area contributed by atoms with Crippen molar-refractivity contribution in [2.75, 3.05) is 20.7 Å². The molecule has 2 bridgehead atoms. The lowest BCUT2D eigenvalue weighted by Crippen LogP contribution is -2.51. The number of rotatable bonds is 7. The number of hydrogen-bond acceptors (Lipinski definition) is 7. The summed E-state index contributed by atoms with van der Waals surface area (Å²) in [5.41, 5.74) is 9.57. The molecule has 0 radical (unpaired) electrons. The average molecular weight is 700 g/mol. The molecule has 5 heterocycles. The molecular weight excluding hydrogens is 654 g/mol. The van der Waals surface area contributed by atoms with Gasteiger partial charge >= 0.3 is 6.09 Å². The summed E-state index contributed by atoms with van der Waals surface area (Å²) in [6.45, 7) is 4.91. The van der Waals surface area contributed by atoms with Crippen LogP contribution in [-0.4, -0.2) is 74.5 Å². The number of alkyl carbamates (subject to hydrolysis) is 1. The first-order valence-electron chi connectivity index (χ1n) is 18.6. The van der Waals surface area contributed by atoms with Gasteiger partial charge in [-0.3, -0.25) is 9.69 Å². The topological polar surface area (TPSA) is 128 Å². The number of nitrogens with zero attached hydrogens (tertiary/aromatic N) is 4. The molecule has 1 saturated carbocycles. The van der Waals surface area contributed by atoms with Crippen molar-refractivity contribution < 1.29 is 19.1 Å². The molecule has 3 aromatic carbocycles. The lowest BCUT2D eigenvalue weighted by atomic mass is 9.92. The van der Waals surface area contributed by atoms with Crippen LogP contribution < -0.4 is 10.1 Å². The van der Waals surface area contributed by atoms with E-state index in [1.54, 1.807) is 0 Å². The summed E-state index contributed by atoms with van der Waals surface area (Å²) in [6.07, 6.45) is 6.79. The van der Waals surface area contributed by atoms with Crippen LogP contribution in [0.3, 0.4) is 0 Å². The van der Waals surface area contributed by atoms with E-state index < -0.39 is 12.1 Å². The van der Waals surface area contributed by atoms with Crippen LogP contribution in [0.1, 0.15) is 75.2 Å². The van der Waals surface area contributed by atoms with Crippen LogP contribution in [0.4, 0.5) is 4.79 Å². The summed E-state index contributed by atoms with van der Waals surface area (Å²) in [4.78, 5) is 46.8.